The molecule has 1 fully saturated rings. The van der Waals surface area contributed by atoms with E-state index in [1.54, 1.807) is 6.92 Å². The number of aromatic nitrogens is 2. The third-order valence-corrected chi connectivity index (χ3v) is 6.92. The molecule has 0 aliphatic carbocycles. The van der Waals surface area contributed by atoms with E-state index in [1.807, 2.05) is 67.6 Å². The van der Waals surface area contributed by atoms with Crippen molar-refractivity contribution in [1.29, 1.82) is 0 Å². The van der Waals surface area contributed by atoms with E-state index in [2.05, 4.69) is 20.6 Å². The summed E-state index contributed by atoms with van der Waals surface area (Å²) in [6.45, 7) is 4.66. The number of amides is 2. The van der Waals surface area contributed by atoms with E-state index in [1.165, 1.54) is 16.0 Å². The fourth-order valence-corrected chi connectivity index (χ4v) is 4.63. The van der Waals surface area contributed by atoms with Crippen molar-refractivity contribution in [2.75, 3.05) is 38.1 Å². The van der Waals surface area contributed by atoms with Crippen LogP contribution in [0.1, 0.15) is 48.8 Å². The smallest absolute Gasteiger partial charge is 0.481 e. The van der Waals surface area contributed by atoms with Gasteiger partial charge in [0.1, 0.15) is 17.6 Å². The minimum Gasteiger partial charge on any atom is -0.481 e. The zero-order valence-electron chi connectivity index (χ0n) is 24.6. The normalized spacial score (nSPS) is 14.6. The lowest BCUT2D eigenvalue weighted by Gasteiger charge is -2.35. The molecule has 1 saturated heterocycles. The Balaban J connectivity index is 1.53. The van der Waals surface area contributed by atoms with Crippen LogP contribution in [0.5, 0.6) is 0 Å². The number of aliphatic carboxylic acids is 1. The highest BCUT2D eigenvalue weighted by molar-refractivity contribution is 5.97. The van der Waals surface area contributed by atoms with E-state index in [9.17, 15) is 24.3 Å². The number of carbonyl (C=O) groups excluding carboxylic acids is 3. The summed E-state index contributed by atoms with van der Waals surface area (Å²) in [5.41, 5.74) is 1.73. The minimum absolute atomic E-state index is 0.0161. The van der Waals surface area contributed by atoms with E-state index in [-0.39, 0.29) is 57.4 Å². The van der Waals surface area contributed by atoms with E-state index >= 15 is 0 Å². The monoisotopic (exact) mass is 604 g/mol. The molecular formula is C31H36N6O7. The van der Waals surface area contributed by atoms with Crippen molar-refractivity contribution in [3.63, 3.8) is 0 Å². The van der Waals surface area contributed by atoms with Gasteiger partial charge in [0.2, 0.25) is 5.91 Å². The van der Waals surface area contributed by atoms with Gasteiger partial charge in [-0.25, -0.2) is 14.8 Å². The SMILES string of the molecule is CCOC(=O)ON1CCN(C(=O)[C@H](CCC(=O)O)NC(=O)c2cc(N[C@@H](C)c3ccccc3)nc(-c3ccccc3)n2)CC1. The fraction of sp³-hybridized carbons (Fsp3) is 0.355. The van der Waals surface area contributed by atoms with Crippen molar-refractivity contribution >= 4 is 29.8 Å². The van der Waals surface area contributed by atoms with Crippen LogP contribution in [0.15, 0.2) is 66.7 Å². The number of anilines is 1. The summed E-state index contributed by atoms with van der Waals surface area (Å²) in [6, 6.07) is 19.2. The molecule has 0 spiro atoms. The molecule has 232 valence electrons. The molecule has 3 aromatic rings. The molecule has 0 radical (unpaired) electrons. The van der Waals surface area contributed by atoms with Crippen LogP contribution < -0.4 is 10.6 Å². The molecule has 0 saturated carbocycles. The standard InChI is InChI=1S/C31H36N6O7/c1-3-43-31(42)44-37-18-16-36(17-19-37)30(41)24(14-15-27(38)39)34-29(40)25-20-26(32-21(2)22-10-6-4-7-11-22)35-28(33-25)23-12-8-5-9-13-23/h4-13,20-21,24H,3,14-19H2,1-2H3,(H,34,40)(H,38,39)(H,32,33,35)/t21-,24-/m0/s1. The van der Waals surface area contributed by atoms with Crippen LogP contribution in [-0.4, -0.2) is 87.8 Å². The Hall–Kier alpha value is -5.04. The zero-order chi connectivity index (χ0) is 31.5. The Labute approximate surface area is 255 Å². The first-order chi connectivity index (χ1) is 21.2. The first kappa shape index (κ1) is 31.9. The van der Waals surface area contributed by atoms with Gasteiger partial charge in [0.25, 0.3) is 5.91 Å². The molecule has 0 bridgehead atoms. The van der Waals surface area contributed by atoms with Gasteiger partial charge < -0.3 is 30.2 Å². The average molecular weight is 605 g/mol. The summed E-state index contributed by atoms with van der Waals surface area (Å²) in [5, 5.41) is 16.7. The molecule has 1 aliphatic heterocycles. The molecule has 1 aliphatic rings. The lowest BCUT2D eigenvalue weighted by Crippen LogP contribution is -2.55. The highest BCUT2D eigenvalue weighted by atomic mass is 16.8. The van der Waals surface area contributed by atoms with Gasteiger partial charge in [0, 0.05) is 37.2 Å². The largest absolute Gasteiger partial charge is 0.527 e. The molecule has 2 amide bonds. The number of ether oxygens (including phenoxy) is 1. The van der Waals surface area contributed by atoms with Crippen molar-refractivity contribution in [2.24, 2.45) is 0 Å². The maximum absolute atomic E-state index is 13.6. The van der Waals surface area contributed by atoms with Gasteiger partial charge in [-0.2, -0.15) is 0 Å². The molecule has 4 rings (SSSR count). The number of piperazine rings is 1. The first-order valence-electron chi connectivity index (χ1n) is 14.4. The third kappa shape index (κ3) is 8.98. The summed E-state index contributed by atoms with van der Waals surface area (Å²) >= 11 is 0. The summed E-state index contributed by atoms with van der Waals surface area (Å²) < 4.78 is 4.78. The molecule has 13 heteroatoms. The molecule has 3 N–H and O–H groups in total. The predicted octanol–water partition coefficient (Wildman–Crippen LogP) is 3.51. The number of nitrogens with one attached hydrogen (secondary N) is 2. The van der Waals surface area contributed by atoms with Gasteiger partial charge in [0.15, 0.2) is 5.82 Å². The summed E-state index contributed by atoms with van der Waals surface area (Å²) in [5.74, 6) is -1.46. The third-order valence-electron chi connectivity index (χ3n) is 6.92. The summed E-state index contributed by atoms with van der Waals surface area (Å²) in [4.78, 5) is 65.8. The van der Waals surface area contributed by atoms with Crippen LogP contribution in [0.4, 0.5) is 10.6 Å². The highest BCUT2D eigenvalue weighted by Crippen LogP contribution is 2.22. The number of carboxylic acid groups (broad SMARTS) is 1. The second kappa shape index (κ2) is 15.4. The van der Waals surface area contributed by atoms with Crippen LogP contribution in [-0.2, 0) is 19.2 Å². The number of carboxylic acids is 1. The van der Waals surface area contributed by atoms with Crippen molar-refractivity contribution in [1.82, 2.24) is 25.2 Å². The van der Waals surface area contributed by atoms with Gasteiger partial charge >= 0.3 is 12.1 Å². The van der Waals surface area contributed by atoms with E-state index in [0.29, 0.717) is 17.2 Å². The predicted molar refractivity (Wildman–Crippen MR) is 160 cm³/mol. The second-order valence-corrected chi connectivity index (χ2v) is 10.1. The van der Waals surface area contributed by atoms with E-state index in [0.717, 1.165) is 5.56 Å². The second-order valence-electron chi connectivity index (χ2n) is 10.1. The minimum atomic E-state index is -1.12. The lowest BCUT2D eigenvalue weighted by molar-refractivity contribution is -0.157. The summed E-state index contributed by atoms with van der Waals surface area (Å²) in [6.07, 6.45) is -1.28. The Morgan fingerprint density at radius 3 is 2.25 bits per heavy atom. The molecule has 0 unspecified atom stereocenters. The Morgan fingerprint density at radius 1 is 0.955 bits per heavy atom. The van der Waals surface area contributed by atoms with E-state index in [4.69, 9.17) is 9.57 Å². The first-order valence-corrected chi connectivity index (χ1v) is 14.4. The summed E-state index contributed by atoms with van der Waals surface area (Å²) in [7, 11) is 0. The van der Waals surface area contributed by atoms with Gasteiger partial charge in [-0.15, -0.1) is 5.06 Å². The number of nitrogens with zero attached hydrogens (tertiary/aromatic N) is 4. The number of hydroxylamine groups is 2. The fourth-order valence-electron chi connectivity index (χ4n) is 4.63. The van der Waals surface area contributed by atoms with Crippen LogP contribution in [0.2, 0.25) is 0 Å². The molecule has 1 aromatic heterocycles. The number of rotatable bonds is 12. The molecule has 2 heterocycles. The van der Waals surface area contributed by atoms with Crippen molar-refractivity contribution in [2.45, 2.75) is 38.8 Å². The van der Waals surface area contributed by atoms with Gasteiger partial charge in [-0.3, -0.25) is 14.4 Å². The number of carbonyl (C=O) groups is 4. The van der Waals surface area contributed by atoms with Crippen LogP contribution in [0.25, 0.3) is 11.4 Å². The van der Waals surface area contributed by atoms with Crippen molar-refractivity contribution in [3.05, 3.63) is 78.0 Å². The van der Waals surface area contributed by atoms with Gasteiger partial charge in [-0.1, -0.05) is 60.7 Å². The van der Waals surface area contributed by atoms with Gasteiger partial charge in [0.05, 0.1) is 19.7 Å². The number of hydrogen-bond acceptors (Lipinski definition) is 10. The topological polar surface area (TPSA) is 163 Å². The molecule has 44 heavy (non-hydrogen) atoms. The highest BCUT2D eigenvalue weighted by Gasteiger charge is 2.31. The average Bonchev–Trinajstić information content (AvgIpc) is 3.03. The van der Waals surface area contributed by atoms with Crippen molar-refractivity contribution in [3.8, 4) is 11.4 Å². The van der Waals surface area contributed by atoms with E-state index < -0.39 is 30.0 Å². The Morgan fingerprint density at radius 2 is 1.61 bits per heavy atom. The maximum atomic E-state index is 13.6. The maximum Gasteiger partial charge on any atom is 0.527 e. The molecular weight excluding hydrogens is 568 g/mol. The zero-order valence-corrected chi connectivity index (χ0v) is 24.6. The Bertz CT molecular complexity index is 1430. The van der Waals surface area contributed by atoms with Crippen LogP contribution >= 0.6 is 0 Å². The Kier molecular flexibility index (Phi) is 11.2. The van der Waals surface area contributed by atoms with Crippen LogP contribution in [0, 0.1) is 0 Å². The molecule has 2 aromatic carbocycles. The number of hydrogen-bond donors (Lipinski definition) is 3. The lowest BCUT2D eigenvalue weighted by atomic mass is 10.1. The number of benzene rings is 2. The van der Waals surface area contributed by atoms with Crippen molar-refractivity contribution < 1.29 is 33.9 Å². The quantitative estimate of drug-likeness (QED) is 0.259. The molecule has 2 atom stereocenters. The molecule has 13 nitrogen and oxygen atoms in total. The van der Waals surface area contributed by atoms with Crippen LogP contribution in [0.3, 0.4) is 0 Å². The van der Waals surface area contributed by atoms with Gasteiger partial charge in [-0.05, 0) is 25.8 Å².